The Kier molecular flexibility index (Phi) is 64.2. The summed E-state index contributed by atoms with van der Waals surface area (Å²) in [7, 11) is 0. The molecule has 12 atom stereocenters. The number of allylic oxidation sites excluding steroid dienone is 1. The number of aromatic nitrogens is 8. The molecule has 0 radical (unpaired) electrons. The number of hydrogen-bond acceptors (Lipinski definition) is 21. The van der Waals surface area contributed by atoms with Crippen molar-refractivity contribution in [1.82, 2.24) is 93.0 Å². The number of carbonyl (C=O) groups excluding carboxylic acids is 13. The van der Waals surface area contributed by atoms with E-state index in [0.717, 1.165) is 50.6 Å². The number of H-pyrrole nitrogens is 4. The van der Waals surface area contributed by atoms with E-state index in [2.05, 4.69) is 161 Å². The van der Waals surface area contributed by atoms with Crippen LogP contribution in [0.15, 0.2) is 62.0 Å². The summed E-state index contributed by atoms with van der Waals surface area (Å²) in [6, 6.07) is -8.14. The number of carbonyl (C=O) groups is 13. The summed E-state index contributed by atoms with van der Waals surface area (Å²) in [4.78, 5) is 207. The largest absolute Gasteiger partial charge is 0.372 e. The molecule has 33 N–H and O–H groups in total. The Balaban J connectivity index is 0.000000594. The number of quaternary nitrogens is 5. The summed E-state index contributed by atoms with van der Waals surface area (Å²) < 4.78 is 0. The van der Waals surface area contributed by atoms with Gasteiger partial charge < -0.3 is 113 Å². The average Bonchev–Trinajstić information content (AvgIpc) is 1.58. The lowest BCUT2D eigenvalue weighted by atomic mass is 9.80. The first-order valence-corrected chi connectivity index (χ1v) is 51.9. The SMILES string of the molecule is CCCCCCCCCCCC(=O)N[C@@H](CS)C(=O)N[C@H](CCCC[NH3+])C(=O)N[C@@H](CCCC[NH3+])C(=O)N[C@@H](Cc1cnc[nH]1)C(=O)CC(CC1=CNCN1)C(N)=O.CCCCCCCCCCCCCCCC(=O)N[C@@H](CS)C(=O)N[C@H](CCCC[NH3+])C(=O)N[C@@H](CCCC[NH3+])C(=O)C[C@H](CCCC[NH3+])C(=O)N[C@@H](Cc1cnc[nH]1)C(=O)C[C@H](Cc1cnc[nH]1)[C@@H](Cc1cnc[nH]1)C(N)=O. The summed E-state index contributed by atoms with van der Waals surface area (Å²) >= 11 is 8.71. The number of Topliss-reactive ketones (excluding diaryl/α,β-unsaturated/α-hetero) is 3. The quantitative estimate of drug-likeness (QED) is 0.0223. The number of hydrogen-bond donors (Lipinski definition) is 23. The molecule has 0 fully saturated rings. The molecule has 0 saturated carbocycles. The fourth-order valence-corrected chi connectivity index (χ4v) is 17.2. The first kappa shape index (κ1) is 119. The standard InChI is InChI=1S/C56H96N14O7S.C40H71N11O6S/c1-2-3-4-5-6-7-8-9-10-11-12-13-14-24-52(73)67-49(36-78)56(77)69-47(23-17-20-27-59)55(76)68-46(22-16-19-26-58)50(71)29-40(21-15-18-25-57)54(75)70-48(32-44-35-63-39-66-44)51(72)30-41(28-42-33-61-37-64-42)45(53(60)74)31-43-34-62-38-65-43;1-2-3-4-5-6-7-8-9-10-17-36(53)48-34(25-58)40(57)50-31(15-11-13-18-41)38(55)49-32(16-12-14-19-42)39(56)51-33(22-30-24-45-27-47-30)35(52)21-28(37(43)54)20-29-23-44-26-46-29/h33-35,37-41,45-49,78H,2-32,36,57-59H2,1H3,(H2,60,74)(H,61,64)(H,62,65)(H,63,66)(H,67,73)(H,68,76)(H,69,77)(H,70,75);23-24,27-28,31-34,44,46,58H,2-22,25-26,41-42H2,1H3,(H2,43,54)(H,45,47)(H,48,53)(H,49,55)(H,50,57)(H,51,56)/p+5/t40-,41-,45+,46-,47+,48-,49-;28?,31-,32+,33+,34+/m01/s1. The maximum atomic E-state index is 14.6. The van der Waals surface area contributed by atoms with Crippen molar-refractivity contribution in [2.75, 3.05) is 50.9 Å². The molecule has 0 aromatic carbocycles. The van der Waals surface area contributed by atoms with Crippen LogP contribution in [0.2, 0.25) is 0 Å². The highest BCUT2D eigenvalue weighted by molar-refractivity contribution is 7.80. The maximum absolute atomic E-state index is 14.6. The Bertz CT molecular complexity index is 4020. The van der Waals surface area contributed by atoms with Gasteiger partial charge in [-0.05, 0) is 121 Å². The van der Waals surface area contributed by atoms with Crippen molar-refractivity contribution in [3.05, 3.63) is 84.8 Å². The van der Waals surface area contributed by atoms with Gasteiger partial charge in [-0.3, -0.25) is 62.3 Å². The van der Waals surface area contributed by atoms with Crippen molar-refractivity contribution >= 4 is 102 Å². The van der Waals surface area contributed by atoms with Gasteiger partial charge in [0.25, 0.3) is 0 Å². The van der Waals surface area contributed by atoms with E-state index in [0.29, 0.717) is 146 Å². The molecule has 136 heavy (non-hydrogen) atoms. The van der Waals surface area contributed by atoms with E-state index in [4.69, 9.17) is 11.5 Å². The van der Waals surface area contributed by atoms with Gasteiger partial charge in [0, 0.05) is 141 Å². The molecule has 0 aliphatic carbocycles. The van der Waals surface area contributed by atoms with E-state index < -0.39 is 125 Å². The monoisotopic (exact) mass is 1950 g/mol. The summed E-state index contributed by atoms with van der Waals surface area (Å²) in [6.45, 7) is 8.06. The van der Waals surface area contributed by atoms with Crippen LogP contribution in [0, 0.1) is 23.7 Å². The number of imidazole rings is 4. The zero-order chi connectivity index (χ0) is 99.3. The Labute approximate surface area is 816 Å². The minimum Gasteiger partial charge on any atom is -0.372 e. The lowest BCUT2D eigenvalue weighted by molar-refractivity contribution is -0.369. The number of nitrogens with zero attached hydrogens (tertiary/aromatic N) is 4. The molecule has 0 saturated heterocycles. The van der Waals surface area contributed by atoms with Gasteiger partial charge in [-0.15, -0.1) is 0 Å². The topological polar surface area (TPSA) is 647 Å². The fourth-order valence-electron chi connectivity index (χ4n) is 16.7. The van der Waals surface area contributed by atoms with Crippen LogP contribution in [0.4, 0.5) is 0 Å². The number of unbranched alkanes of at least 4 members (excludes halogenated alkanes) is 25. The lowest BCUT2D eigenvalue weighted by Crippen LogP contribution is -2.58. The van der Waals surface area contributed by atoms with Crippen molar-refractivity contribution < 1.29 is 91.0 Å². The van der Waals surface area contributed by atoms with E-state index in [1.165, 1.54) is 115 Å². The predicted octanol–water partition coefficient (Wildman–Crippen LogP) is 2.73. The number of nitrogens with two attached hydrogens (primary N) is 2. The van der Waals surface area contributed by atoms with E-state index in [9.17, 15) is 62.3 Å². The molecular formula is C96H172N25O13S2+5. The van der Waals surface area contributed by atoms with Crippen LogP contribution < -0.4 is 93.3 Å². The van der Waals surface area contributed by atoms with Crippen molar-refractivity contribution in [2.24, 2.45) is 35.1 Å². The first-order chi connectivity index (χ1) is 65.8. The average molecular weight is 1950 g/mol. The highest BCUT2D eigenvalue weighted by Crippen LogP contribution is 2.28. The van der Waals surface area contributed by atoms with Crippen LogP contribution in [-0.4, -0.2) is 216 Å². The van der Waals surface area contributed by atoms with Crippen LogP contribution >= 0.6 is 25.3 Å². The second-order valence-corrected chi connectivity index (χ2v) is 37.2. The number of rotatable bonds is 82. The van der Waals surface area contributed by atoms with E-state index in [1.54, 1.807) is 31.0 Å². The Morgan fingerprint density at radius 3 is 1.00 bits per heavy atom. The number of thiol groups is 2. The Morgan fingerprint density at radius 2 is 0.654 bits per heavy atom. The van der Waals surface area contributed by atoms with Gasteiger partial charge in [0.05, 0.1) is 88.7 Å². The van der Waals surface area contributed by atoms with Gasteiger partial charge in [0.2, 0.25) is 59.1 Å². The third-order valence-electron chi connectivity index (χ3n) is 24.9. The molecule has 5 rings (SSSR count). The van der Waals surface area contributed by atoms with Crippen LogP contribution in [0.3, 0.4) is 0 Å². The second kappa shape index (κ2) is 73.6. The van der Waals surface area contributed by atoms with Gasteiger partial charge in [0.1, 0.15) is 30.2 Å². The summed E-state index contributed by atoms with van der Waals surface area (Å²) in [5.74, 6) is -9.16. The summed E-state index contributed by atoms with van der Waals surface area (Å²) in [5, 5.41) is 28.9. The highest BCUT2D eigenvalue weighted by Gasteiger charge is 2.38. The molecular weight excluding hydrogens is 1780 g/mol. The van der Waals surface area contributed by atoms with Crippen molar-refractivity contribution in [2.45, 2.75) is 364 Å². The minimum absolute atomic E-state index is 0.0209. The smallest absolute Gasteiger partial charge is 0.244 e. The van der Waals surface area contributed by atoms with Gasteiger partial charge in [-0.1, -0.05) is 142 Å². The highest BCUT2D eigenvalue weighted by atomic mass is 32.1. The molecule has 10 amide bonds. The number of primary amides is 2. The molecule has 40 heteroatoms. The molecule has 766 valence electrons. The molecule has 4 aromatic heterocycles. The molecule has 5 heterocycles. The third-order valence-corrected chi connectivity index (χ3v) is 25.7. The number of amides is 10. The lowest BCUT2D eigenvalue weighted by Gasteiger charge is -2.28. The zero-order valence-electron chi connectivity index (χ0n) is 81.7. The number of nitrogens with one attached hydrogen (secondary N) is 14. The summed E-state index contributed by atoms with van der Waals surface area (Å²) in [6.07, 6.45) is 48.2. The molecule has 0 spiro atoms. The number of ketones is 3. The molecule has 1 aliphatic heterocycles. The van der Waals surface area contributed by atoms with Crippen molar-refractivity contribution in [3.63, 3.8) is 0 Å². The Hall–Kier alpha value is -9.61. The minimum atomic E-state index is -1.08. The Morgan fingerprint density at radius 1 is 0.338 bits per heavy atom. The molecule has 1 unspecified atom stereocenters. The van der Waals surface area contributed by atoms with Gasteiger partial charge in [0.15, 0.2) is 17.3 Å². The molecule has 0 bridgehead atoms. The predicted molar refractivity (Wildman–Crippen MR) is 528 cm³/mol. The first-order valence-electron chi connectivity index (χ1n) is 50.7. The normalized spacial score (nSPS) is 14.4. The van der Waals surface area contributed by atoms with Crippen LogP contribution in [0.25, 0.3) is 0 Å². The maximum Gasteiger partial charge on any atom is 0.244 e. The van der Waals surface area contributed by atoms with E-state index >= 15 is 0 Å². The van der Waals surface area contributed by atoms with Gasteiger partial charge in [-0.2, -0.15) is 25.3 Å². The second-order valence-electron chi connectivity index (χ2n) is 36.4. The molecule has 38 nitrogen and oxygen atoms in total. The number of aromatic amines is 4. The van der Waals surface area contributed by atoms with Gasteiger partial charge >= 0.3 is 0 Å². The fraction of sp³-hybridized carbons (Fsp3) is 0.719. The van der Waals surface area contributed by atoms with E-state index in [1.807, 2.05) is 0 Å². The van der Waals surface area contributed by atoms with Crippen molar-refractivity contribution in [1.29, 1.82) is 0 Å². The summed E-state index contributed by atoms with van der Waals surface area (Å²) in [5.41, 5.74) is 34.6. The van der Waals surface area contributed by atoms with Crippen molar-refractivity contribution in [3.8, 4) is 0 Å². The van der Waals surface area contributed by atoms with Crippen LogP contribution in [-0.2, 0) is 88.0 Å². The van der Waals surface area contributed by atoms with E-state index in [-0.39, 0.29) is 118 Å². The zero-order valence-corrected chi connectivity index (χ0v) is 83.5. The molecule has 4 aromatic rings. The third kappa shape index (κ3) is 51.2. The van der Waals surface area contributed by atoms with Crippen LogP contribution in [0.5, 0.6) is 0 Å². The van der Waals surface area contributed by atoms with Gasteiger partial charge in [-0.25, -0.2) is 19.9 Å². The van der Waals surface area contributed by atoms with Crippen LogP contribution in [0.1, 0.15) is 313 Å². The molecule has 1 aliphatic rings.